The van der Waals surface area contributed by atoms with Crippen LogP contribution in [0.15, 0.2) is 30.3 Å². The molecular formula is C17H24N2. The van der Waals surface area contributed by atoms with Crippen molar-refractivity contribution in [2.75, 3.05) is 11.5 Å². The van der Waals surface area contributed by atoms with Crippen LogP contribution in [0.25, 0.3) is 10.8 Å². The lowest BCUT2D eigenvalue weighted by Crippen LogP contribution is -1.94. The maximum absolute atomic E-state index is 6.03. The van der Waals surface area contributed by atoms with Gasteiger partial charge in [-0.25, -0.2) is 0 Å². The number of nitrogens with two attached hydrogens (primary N) is 2. The van der Waals surface area contributed by atoms with Crippen molar-refractivity contribution in [2.45, 2.75) is 45.4 Å². The van der Waals surface area contributed by atoms with E-state index in [1.165, 1.54) is 37.7 Å². The van der Waals surface area contributed by atoms with Gasteiger partial charge < -0.3 is 11.5 Å². The third kappa shape index (κ3) is 3.40. The van der Waals surface area contributed by atoms with Gasteiger partial charge in [0, 0.05) is 22.1 Å². The molecule has 0 spiro atoms. The van der Waals surface area contributed by atoms with Gasteiger partial charge in [0.2, 0.25) is 0 Å². The molecule has 0 fully saturated rings. The van der Waals surface area contributed by atoms with Gasteiger partial charge in [-0.3, -0.25) is 0 Å². The van der Waals surface area contributed by atoms with Crippen LogP contribution in [0.2, 0.25) is 0 Å². The van der Waals surface area contributed by atoms with Crippen LogP contribution in [0.4, 0.5) is 11.4 Å². The average Bonchev–Trinajstić information content (AvgIpc) is 2.43. The van der Waals surface area contributed by atoms with Crippen molar-refractivity contribution in [3.05, 3.63) is 35.9 Å². The van der Waals surface area contributed by atoms with Crippen LogP contribution >= 0.6 is 0 Å². The summed E-state index contributed by atoms with van der Waals surface area (Å²) in [5.74, 6) is 0. The first-order chi connectivity index (χ1) is 9.22. The van der Waals surface area contributed by atoms with Crippen LogP contribution in [0.3, 0.4) is 0 Å². The molecule has 0 radical (unpaired) electrons. The summed E-state index contributed by atoms with van der Waals surface area (Å²) in [4.78, 5) is 0. The summed E-state index contributed by atoms with van der Waals surface area (Å²) in [5, 5.41) is 2.15. The summed E-state index contributed by atoms with van der Waals surface area (Å²) < 4.78 is 0. The highest BCUT2D eigenvalue weighted by molar-refractivity contribution is 6.00. The van der Waals surface area contributed by atoms with Crippen molar-refractivity contribution in [3.8, 4) is 0 Å². The van der Waals surface area contributed by atoms with Crippen molar-refractivity contribution in [1.82, 2.24) is 0 Å². The lowest BCUT2D eigenvalue weighted by molar-refractivity contribution is 0.632. The Labute approximate surface area is 115 Å². The molecule has 2 heteroatoms. The molecule has 0 aliphatic heterocycles. The topological polar surface area (TPSA) is 52.0 Å². The number of aryl methyl sites for hydroxylation is 1. The van der Waals surface area contributed by atoms with Crippen LogP contribution in [-0.2, 0) is 6.42 Å². The Kier molecular flexibility index (Phi) is 4.67. The minimum atomic E-state index is 0.804. The van der Waals surface area contributed by atoms with Gasteiger partial charge in [-0.05, 0) is 36.6 Å². The first kappa shape index (κ1) is 13.7. The van der Waals surface area contributed by atoms with Gasteiger partial charge in [0.25, 0.3) is 0 Å². The first-order valence-corrected chi connectivity index (χ1v) is 7.29. The lowest BCUT2D eigenvalue weighted by atomic mass is 10.00. The minimum Gasteiger partial charge on any atom is -0.398 e. The Hall–Kier alpha value is -1.70. The molecule has 102 valence electrons. The second-order valence-corrected chi connectivity index (χ2v) is 5.29. The smallest absolute Gasteiger partial charge is 0.0395 e. The maximum Gasteiger partial charge on any atom is 0.0395 e. The maximum atomic E-state index is 6.03. The molecule has 4 N–H and O–H groups in total. The number of hydrogen-bond acceptors (Lipinski definition) is 2. The second kappa shape index (κ2) is 6.46. The summed E-state index contributed by atoms with van der Waals surface area (Å²) in [5.41, 5.74) is 15.0. The Morgan fingerprint density at radius 2 is 1.47 bits per heavy atom. The van der Waals surface area contributed by atoms with Crippen molar-refractivity contribution >= 4 is 22.1 Å². The normalized spacial score (nSPS) is 11.0. The van der Waals surface area contributed by atoms with E-state index in [1.54, 1.807) is 0 Å². The van der Waals surface area contributed by atoms with Crippen LogP contribution in [-0.4, -0.2) is 0 Å². The average molecular weight is 256 g/mol. The van der Waals surface area contributed by atoms with E-state index in [4.69, 9.17) is 11.5 Å². The number of benzene rings is 2. The molecule has 0 aromatic heterocycles. The predicted octanol–water partition coefficient (Wildman–Crippen LogP) is 4.52. The molecule has 19 heavy (non-hydrogen) atoms. The summed E-state index contributed by atoms with van der Waals surface area (Å²) >= 11 is 0. The number of fused-ring (bicyclic) bond motifs is 1. The molecule has 0 aliphatic carbocycles. The molecule has 0 unspecified atom stereocenters. The zero-order chi connectivity index (χ0) is 13.7. The number of anilines is 2. The van der Waals surface area contributed by atoms with E-state index in [-0.39, 0.29) is 0 Å². The van der Waals surface area contributed by atoms with E-state index in [1.807, 2.05) is 12.1 Å². The highest BCUT2D eigenvalue weighted by atomic mass is 14.6. The molecule has 0 aliphatic rings. The number of rotatable bonds is 6. The van der Waals surface area contributed by atoms with Crippen LogP contribution < -0.4 is 11.5 Å². The molecule has 2 rings (SSSR count). The van der Waals surface area contributed by atoms with Gasteiger partial charge in [-0.1, -0.05) is 44.7 Å². The summed E-state index contributed by atoms with van der Waals surface area (Å²) in [6.07, 6.45) is 7.70. The third-order valence-electron chi connectivity index (χ3n) is 3.72. The molecule has 2 aromatic rings. The number of hydrogen-bond donors (Lipinski definition) is 2. The molecule has 0 heterocycles. The van der Waals surface area contributed by atoms with Gasteiger partial charge in [0.15, 0.2) is 0 Å². The quantitative estimate of drug-likeness (QED) is 0.590. The molecule has 0 bridgehead atoms. The summed E-state index contributed by atoms with van der Waals surface area (Å²) in [6, 6.07) is 10.2. The summed E-state index contributed by atoms with van der Waals surface area (Å²) in [6.45, 7) is 2.25. The molecule has 2 nitrogen and oxygen atoms in total. The fourth-order valence-electron chi connectivity index (χ4n) is 2.53. The van der Waals surface area contributed by atoms with Crippen molar-refractivity contribution in [1.29, 1.82) is 0 Å². The third-order valence-corrected chi connectivity index (χ3v) is 3.72. The second-order valence-electron chi connectivity index (χ2n) is 5.29. The number of nitrogen functional groups attached to an aromatic ring is 2. The zero-order valence-electron chi connectivity index (χ0n) is 11.8. The van der Waals surface area contributed by atoms with Gasteiger partial charge in [-0.2, -0.15) is 0 Å². The molecule has 0 saturated carbocycles. The van der Waals surface area contributed by atoms with E-state index in [9.17, 15) is 0 Å². The van der Waals surface area contributed by atoms with Gasteiger partial charge in [0.05, 0.1) is 0 Å². The van der Waals surface area contributed by atoms with E-state index >= 15 is 0 Å². The monoisotopic (exact) mass is 256 g/mol. The van der Waals surface area contributed by atoms with E-state index < -0.39 is 0 Å². The highest BCUT2D eigenvalue weighted by Crippen LogP contribution is 2.27. The standard InChI is InChI=1S/C17H24N2/c1-2-3-4-5-6-7-13-8-9-14-15(12-13)17(19)11-10-16(14)18/h8-12H,2-7,18-19H2,1H3. The molecule has 2 aromatic carbocycles. The lowest BCUT2D eigenvalue weighted by Gasteiger charge is -2.08. The van der Waals surface area contributed by atoms with Crippen molar-refractivity contribution in [2.24, 2.45) is 0 Å². The minimum absolute atomic E-state index is 0.804. The van der Waals surface area contributed by atoms with Gasteiger partial charge >= 0.3 is 0 Å². The van der Waals surface area contributed by atoms with E-state index in [0.29, 0.717) is 0 Å². The van der Waals surface area contributed by atoms with E-state index in [2.05, 4.69) is 25.1 Å². The molecule has 0 amide bonds. The summed E-state index contributed by atoms with van der Waals surface area (Å²) in [7, 11) is 0. The SMILES string of the molecule is CCCCCCCc1ccc2c(N)ccc(N)c2c1. The van der Waals surface area contributed by atoms with Crippen LogP contribution in [0.1, 0.15) is 44.6 Å². The van der Waals surface area contributed by atoms with Crippen LogP contribution in [0, 0.1) is 0 Å². The first-order valence-electron chi connectivity index (χ1n) is 7.29. The largest absolute Gasteiger partial charge is 0.398 e. The fraction of sp³-hybridized carbons (Fsp3) is 0.412. The Morgan fingerprint density at radius 1 is 0.789 bits per heavy atom. The highest BCUT2D eigenvalue weighted by Gasteiger charge is 2.03. The van der Waals surface area contributed by atoms with Crippen molar-refractivity contribution in [3.63, 3.8) is 0 Å². The number of unbranched alkanes of at least 4 members (excludes halogenated alkanes) is 4. The Bertz CT molecular complexity index is 546. The van der Waals surface area contributed by atoms with Gasteiger partial charge in [-0.15, -0.1) is 0 Å². The molecule has 0 atom stereocenters. The Morgan fingerprint density at radius 3 is 2.21 bits per heavy atom. The molecule has 0 saturated heterocycles. The fourth-order valence-corrected chi connectivity index (χ4v) is 2.53. The van der Waals surface area contributed by atoms with Crippen LogP contribution in [0.5, 0.6) is 0 Å². The predicted molar refractivity (Wildman–Crippen MR) is 85.2 cm³/mol. The van der Waals surface area contributed by atoms with Gasteiger partial charge in [0.1, 0.15) is 0 Å². The van der Waals surface area contributed by atoms with E-state index in [0.717, 1.165) is 28.6 Å². The van der Waals surface area contributed by atoms with Crippen molar-refractivity contribution < 1.29 is 0 Å². The Balaban J connectivity index is 2.07. The zero-order valence-corrected chi connectivity index (χ0v) is 11.8. The molecular weight excluding hydrogens is 232 g/mol.